The van der Waals surface area contributed by atoms with Crippen LogP contribution < -0.4 is 15.4 Å². The number of hydrogen-bond acceptors (Lipinski definition) is 7. The van der Waals surface area contributed by atoms with Gasteiger partial charge in [-0.15, -0.1) is 0 Å². The molecule has 0 radical (unpaired) electrons. The van der Waals surface area contributed by atoms with E-state index in [1.165, 1.54) is 13.5 Å². The minimum Gasteiger partial charge on any atom is -0.495 e. The highest BCUT2D eigenvalue weighted by Gasteiger charge is 2.37. The molecule has 1 atom stereocenters. The Bertz CT molecular complexity index is 1450. The number of carbonyl (C=O) groups is 1. The number of aromatic nitrogens is 2. The van der Waals surface area contributed by atoms with Gasteiger partial charge in [0.05, 0.1) is 24.0 Å². The van der Waals surface area contributed by atoms with E-state index in [9.17, 15) is 18.0 Å². The number of carbonyl (C=O) groups excluding carboxylic acids is 1. The van der Waals surface area contributed by atoms with Crippen molar-refractivity contribution in [2.45, 2.75) is 63.8 Å². The van der Waals surface area contributed by atoms with Crippen LogP contribution in [-0.4, -0.2) is 41.5 Å². The fourth-order valence-electron chi connectivity index (χ4n) is 5.66. The molecule has 1 aliphatic heterocycles. The van der Waals surface area contributed by atoms with Gasteiger partial charge in [0.2, 0.25) is 5.95 Å². The first kappa shape index (κ1) is 30.0. The summed E-state index contributed by atoms with van der Waals surface area (Å²) in [4.78, 5) is 23.0. The maximum atomic E-state index is 14.1. The number of halogens is 3. The molecule has 2 N–H and O–H groups in total. The zero-order valence-electron chi connectivity index (χ0n) is 23.9. The number of methoxy groups -OCH3 is 1. The molecular weight excluding hydrogens is 566 g/mol. The third-order valence-corrected chi connectivity index (χ3v) is 8.78. The van der Waals surface area contributed by atoms with Gasteiger partial charge in [0.15, 0.2) is 0 Å². The molecule has 3 aromatic rings. The zero-order chi connectivity index (χ0) is 29.9. The average Bonchev–Trinajstić information content (AvgIpc) is 3.28. The molecule has 2 aromatic carbocycles. The Kier molecular flexibility index (Phi) is 9.18. The summed E-state index contributed by atoms with van der Waals surface area (Å²) in [5.74, 6) is 0.134. The molecule has 1 aliphatic carbocycles. The number of fused-ring (bicyclic) bond motifs is 1. The first-order valence-corrected chi connectivity index (χ1v) is 15.2. The lowest BCUT2D eigenvalue weighted by Gasteiger charge is -2.25. The van der Waals surface area contributed by atoms with Crippen molar-refractivity contribution in [2.75, 3.05) is 31.4 Å². The van der Waals surface area contributed by atoms with Crippen LogP contribution in [0.5, 0.6) is 5.75 Å². The van der Waals surface area contributed by atoms with E-state index in [2.05, 4.69) is 20.6 Å². The molecule has 1 amide bonds. The van der Waals surface area contributed by atoms with Crippen LogP contribution in [0.2, 0.25) is 0 Å². The molecule has 12 heteroatoms. The van der Waals surface area contributed by atoms with Crippen molar-refractivity contribution in [3.63, 3.8) is 0 Å². The number of benzene rings is 2. The number of nitrogens with zero attached hydrogens (tertiary/aromatic N) is 3. The predicted molar refractivity (Wildman–Crippen MR) is 158 cm³/mol. The molecule has 224 valence electrons. The Balaban J connectivity index is 1.47. The third-order valence-electron chi connectivity index (χ3n) is 7.73. The molecule has 0 spiro atoms. The smallest absolute Gasteiger partial charge is 0.421 e. The lowest BCUT2D eigenvalue weighted by molar-refractivity contribution is -0.137. The molecule has 5 rings (SSSR count). The topological polar surface area (TPSA) is 88.6 Å². The molecule has 42 heavy (non-hydrogen) atoms. The van der Waals surface area contributed by atoms with Crippen LogP contribution in [0.1, 0.15) is 77.6 Å². The molecule has 2 aliphatic rings. The Labute approximate surface area is 245 Å². The normalized spacial score (nSPS) is 15.9. The fourth-order valence-corrected chi connectivity index (χ4v) is 6.35. The van der Waals surface area contributed by atoms with Crippen LogP contribution in [0.4, 0.5) is 36.3 Å². The second kappa shape index (κ2) is 12.8. The Morgan fingerprint density at radius 3 is 2.57 bits per heavy atom. The molecule has 1 saturated carbocycles. The molecular formula is C30H35F3N5O3P. The van der Waals surface area contributed by atoms with Gasteiger partial charge in [-0.3, -0.25) is 4.79 Å². The quantitative estimate of drug-likeness (QED) is 0.181. The van der Waals surface area contributed by atoms with Crippen LogP contribution in [0.3, 0.4) is 0 Å². The lowest BCUT2D eigenvalue weighted by atomic mass is 9.81. The van der Waals surface area contributed by atoms with Crippen LogP contribution in [0.15, 0.2) is 36.5 Å². The summed E-state index contributed by atoms with van der Waals surface area (Å²) >= 11 is 0. The van der Waals surface area contributed by atoms with Gasteiger partial charge in [0.25, 0.3) is 5.91 Å². The molecule has 0 bridgehead atoms. The van der Waals surface area contributed by atoms with Crippen molar-refractivity contribution in [1.29, 1.82) is 0 Å². The van der Waals surface area contributed by atoms with E-state index in [1.54, 1.807) is 24.1 Å². The summed E-state index contributed by atoms with van der Waals surface area (Å²) in [6.07, 6.45) is 2.31. The van der Waals surface area contributed by atoms with Gasteiger partial charge in [0, 0.05) is 41.4 Å². The predicted octanol–water partition coefficient (Wildman–Crippen LogP) is 7.75. The van der Waals surface area contributed by atoms with Gasteiger partial charge in [0.1, 0.15) is 17.1 Å². The summed E-state index contributed by atoms with van der Waals surface area (Å²) in [5, 5.41) is 5.83. The van der Waals surface area contributed by atoms with E-state index >= 15 is 0 Å². The van der Waals surface area contributed by atoms with E-state index in [0.29, 0.717) is 56.7 Å². The highest BCUT2D eigenvalue weighted by molar-refractivity contribution is 7.31. The van der Waals surface area contributed by atoms with Gasteiger partial charge in [-0.05, 0) is 60.6 Å². The van der Waals surface area contributed by atoms with Crippen molar-refractivity contribution in [3.8, 4) is 5.75 Å². The van der Waals surface area contributed by atoms with Crippen molar-refractivity contribution >= 4 is 37.9 Å². The number of nitrogens with one attached hydrogen (secondary N) is 2. The number of hydrogen-bond donors (Lipinski definition) is 2. The molecule has 1 unspecified atom stereocenters. The number of rotatable bonds is 10. The minimum atomic E-state index is -4.71. The maximum absolute atomic E-state index is 14.1. The Hall–Kier alpha value is -3.43. The van der Waals surface area contributed by atoms with E-state index < -0.39 is 17.6 Å². The lowest BCUT2D eigenvalue weighted by Crippen LogP contribution is -2.18. The van der Waals surface area contributed by atoms with Gasteiger partial charge >= 0.3 is 6.18 Å². The summed E-state index contributed by atoms with van der Waals surface area (Å²) in [7, 11) is 3.54. The molecule has 1 aromatic heterocycles. The summed E-state index contributed by atoms with van der Waals surface area (Å²) in [6, 6.07) is 9.16. The fraction of sp³-hybridized carbons (Fsp3) is 0.433. The molecule has 0 saturated heterocycles. The van der Waals surface area contributed by atoms with Crippen molar-refractivity contribution in [1.82, 2.24) is 14.9 Å². The van der Waals surface area contributed by atoms with Gasteiger partial charge in [-0.2, -0.15) is 18.2 Å². The molecule has 1 fully saturated rings. The van der Waals surface area contributed by atoms with E-state index in [0.717, 1.165) is 48.6 Å². The monoisotopic (exact) mass is 601 g/mol. The number of amides is 1. The largest absolute Gasteiger partial charge is 0.495 e. The highest BCUT2D eigenvalue weighted by atomic mass is 31.1. The second-order valence-electron chi connectivity index (χ2n) is 10.5. The molecule has 8 nitrogen and oxygen atoms in total. The average molecular weight is 602 g/mol. The van der Waals surface area contributed by atoms with Gasteiger partial charge in [-0.1, -0.05) is 31.4 Å². The standard InChI is InChI=1S/C30H35F3N5O3P/c1-4-41-42-17-18-10-12-23(25(14-18)40-3)36-29-34-15-22(30(31,32)33)27(37-29)35-24-13-11-20(19-8-6-5-7-9-19)21-16-38(2)28(39)26(21)24/h10-15,19,42H,4-9,16-17H2,1-3H3,(H2,34,35,36,37). The summed E-state index contributed by atoms with van der Waals surface area (Å²) in [5.41, 5.74) is 3.18. The Morgan fingerprint density at radius 2 is 1.86 bits per heavy atom. The highest BCUT2D eigenvalue weighted by Crippen LogP contribution is 2.42. The molecule has 2 heterocycles. The van der Waals surface area contributed by atoms with Crippen molar-refractivity contribution < 1.29 is 27.2 Å². The van der Waals surface area contributed by atoms with E-state index in [4.69, 9.17) is 9.26 Å². The van der Waals surface area contributed by atoms with E-state index in [1.807, 2.05) is 25.1 Å². The van der Waals surface area contributed by atoms with Gasteiger partial charge in [-0.25, -0.2) is 4.98 Å². The SMILES string of the molecule is CCOPCc1ccc(Nc2ncc(C(F)(F)F)c(Nc3ccc(C4CCCCC4)c4c3C(=O)N(C)C4)n2)c(OC)c1. The first-order chi connectivity index (χ1) is 20.2. The minimum absolute atomic E-state index is 0.0494. The number of anilines is 4. The summed E-state index contributed by atoms with van der Waals surface area (Å²) in [6.45, 7) is 3.00. The first-order valence-electron chi connectivity index (χ1n) is 14.1. The maximum Gasteiger partial charge on any atom is 0.421 e. The Morgan fingerprint density at radius 1 is 1.10 bits per heavy atom. The van der Waals surface area contributed by atoms with Crippen LogP contribution in [-0.2, 0) is 23.4 Å². The van der Waals surface area contributed by atoms with Crippen LogP contribution in [0, 0.1) is 0 Å². The van der Waals surface area contributed by atoms with Crippen molar-refractivity contribution in [2.24, 2.45) is 0 Å². The summed E-state index contributed by atoms with van der Waals surface area (Å²) < 4.78 is 53.2. The van der Waals surface area contributed by atoms with Crippen molar-refractivity contribution in [3.05, 3.63) is 64.3 Å². The third kappa shape index (κ3) is 6.47. The van der Waals surface area contributed by atoms with Gasteiger partial charge < -0.3 is 24.8 Å². The number of ether oxygens (including phenoxy) is 1. The van der Waals surface area contributed by atoms with Crippen LogP contribution >= 0.6 is 8.81 Å². The van der Waals surface area contributed by atoms with E-state index in [-0.39, 0.29) is 11.9 Å². The zero-order valence-corrected chi connectivity index (χ0v) is 24.9. The second-order valence-corrected chi connectivity index (χ2v) is 11.5. The van der Waals surface area contributed by atoms with Crippen LogP contribution in [0.25, 0.3) is 0 Å². The number of alkyl halides is 3.